The van der Waals surface area contributed by atoms with Crippen LogP contribution in [0, 0.1) is 11.3 Å². The van der Waals surface area contributed by atoms with Gasteiger partial charge in [0.2, 0.25) is 0 Å². The second-order valence-electron chi connectivity index (χ2n) is 7.22. The molecule has 1 heterocycles. The van der Waals surface area contributed by atoms with E-state index in [-0.39, 0.29) is 5.54 Å². The fraction of sp³-hybridized carbons (Fsp3) is 0.938. The molecule has 0 amide bonds. The van der Waals surface area contributed by atoms with Gasteiger partial charge in [-0.25, -0.2) is 0 Å². The molecule has 1 N–H and O–H groups in total. The van der Waals surface area contributed by atoms with E-state index in [2.05, 4.69) is 55.8 Å². The van der Waals surface area contributed by atoms with Crippen molar-refractivity contribution in [1.29, 1.82) is 5.26 Å². The molecule has 0 saturated carbocycles. The van der Waals surface area contributed by atoms with Crippen LogP contribution in [0.5, 0.6) is 0 Å². The highest BCUT2D eigenvalue weighted by molar-refractivity contribution is 5.05. The summed E-state index contributed by atoms with van der Waals surface area (Å²) in [7, 11) is 0. The van der Waals surface area contributed by atoms with Crippen LogP contribution in [0.25, 0.3) is 0 Å². The van der Waals surface area contributed by atoms with Crippen molar-refractivity contribution in [2.24, 2.45) is 0 Å². The van der Waals surface area contributed by atoms with Crippen molar-refractivity contribution in [2.75, 3.05) is 32.7 Å². The van der Waals surface area contributed by atoms with Crippen molar-refractivity contribution in [3.05, 3.63) is 0 Å². The van der Waals surface area contributed by atoms with Crippen LogP contribution in [-0.2, 0) is 0 Å². The van der Waals surface area contributed by atoms with Crippen molar-refractivity contribution >= 4 is 0 Å². The fourth-order valence-corrected chi connectivity index (χ4v) is 3.10. The minimum Gasteiger partial charge on any atom is -0.300 e. The molecule has 0 aliphatic carbocycles. The molecule has 0 radical (unpaired) electrons. The molecular formula is C16H32N4. The van der Waals surface area contributed by atoms with E-state index in [1.807, 2.05) is 6.92 Å². The average Bonchev–Trinajstić information content (AvgIpc) is 2.38. The highest BCUT2D eigenvalue weighted by Crippen LogP contribution is 2.20. The van der Waals surface area contributed by atoms with Crippen LogP contribution < -0.4 is 5.32 Å². The van der Waals surface area contributed by atoms with Gasteiger partial charge < -0.3 is 0 Å². The molecule has 4 nitrogen and oxygen atoms in total. The lowest BCUT2D eigenvalue weighted by Crippen LogP contribution is -2.56. The van der Waals surface area contributed by atoms with E-state index in [0.29, 0.717) is 6.04 Å². The molecule has 0 aromatic rings. The molecule has 0 spiro atoms. The van der Waals surface area contributed by atoms with E-state index in [1.165, 1.54) is 0 Å². The summed E-state index contributed by atoms with van der Waals surface area (Å²) in [6.07, 6.45) is 0.882. The molecular weight excluding hydrogens is 248 g/mol. The molecule has 1 aliphatic rings. The van der Waals surface area contributed by atoms with E-state index in [4.69, 9.17) is 0 Å². The zero-order valence-corrected chi connectivity index (χ0v) is 14.2. The van der Waals surface area contributed by atoms with Gasteiger partial charge in [-0.15, -0.1) is 0 Å². The Bertz CT molecular complexity index is 333. The second-order valence-corrected chi connectivity index (χ2v) is 7.22. The van der Waals surface area contributed by atoms with Crippen LogP contribution in [-0.4, -0.2) is 59.6 Å². The number of hydrogen-bond acceptors (Lipinski definition) is 4. The Balaban J connectivity index is 2.51. The van der Waals surface area contributed by atoms with Gasteiger partial charge in [-0.05, 0) is 47.6 Å². The van der Waals surface area contributed by atoms with Gasteiger partial charge in [0.25, 0.3) is 0 Å². The molecule has 4 heteroatoms. The Labute approximate surface area is 125 Å². The van der Waals surface area contributed by atoms with Crippen LogP contribution in [0.4, 0.5) is 0 Å². The summed E-state index contributed by atoms with van der Waals surface area (Å²) in [5.74, 6) is 0. The summed E-state index contributed by atoms with van der Waals surface area (Å²) < 4.78 is 0. The maximum absolute atomic E-state index is 9.37. The lowest BCUT2D eigenvalue weighted by Gasteiger charge is -2.44. The van der Waals surface area contributed by atoms with Gasteiger partial charge >= 0.3 is 0 Å². The standard InChI is InChI=1S/C16H32N4/c1-7-18-16(6,13-17)12-14(2)19-8-10-20(11-9-19)15(3,4)5/h14,18H,7-12H2,1-6H3. The quantitative estimate of drug-likeness (QED) is 0.837. The minimum absolute atomic E-state index is 0.264. The van der Waals surface area contributed by atoms with Crippen molar-refractivity contribution in [3.63, 3.8) is 0 Å². The van der Waals surface area contributed by atoms with Crippen LogP contribution in [0.2, 0.25) is 0 Å². The molecule has 20 heavy (non-hydrogen) atoms. The molecule has 0 aromatic heterocycles. The lowest BCUT2D eigenvalue weighted by atomic mass is 9.94. The third kappa shape index (κ3) is 4.73. The summed E-state index contributed by atoms with van der Waals surface area (Å²) in [6.45, 7) is 18.5. The van der Waals surface area contributed by atoms with E-state index in [9.17, 15) is 5.26 Å². The summed E-state index contributed by atoms with van der Waals surface area (Å²) in [5.41, 5.74) is -0.143. The third-order valence-corrected chi connectivity index (χ3v) is 4.40. The average molecular weight is 280 g/mol. The van der Waals surface area contributed by atoms with Crippen molar-refractivity contribution < 1.29 is 0 Å². The van der Waals surface area contributed by atoms with Gasteiger partial charge in [0.05, 0.1) is 6.07 Å². The second kappa shape index (κ2) is 6.89. The summed E-state index contributed by atoms with van der Waals surface area (Å²) in [5, 5.41) is 12.7. The Morgan fingerprint density at radius 2 is 1.70 bits per heavy atom. The Morgan fingerprint density at radius 1 is 1.15 bits per heavy atom. The van der Waals surface area contributed by atoms with Crippen molar-refractivity contribution in [1.82, 2.24) is 15.1 Å². The van der Waals surface area contributed by atoms with Crippen LogP contribution >= 0.6 is 0 Å². The monoisotopic (exact) mass is 280 g/mol. The minimum atomic E-state index is -0.407. The smallest absolute Gasteiger partial charge is 0.105 e. The number of hydrogen-bond donors (Lipinski definition) is 1. The molecule has 0 aromatic carbocycles. The predicted octanol–water partition coefficient (Wildman–Crippen LogP) is 2.07. The first-order chi connectivity index (χ1) is 9.22. The van der Waals surface area contributed by atoms with E-state index in [0.717, 1.165) is 39.1 Å². The molecule has 1 saturated heterocycles. The summed E-state index contributed by atoms with van der Waals surface area (Å²) >= 11 is 0. The molecule has 1 aliphatic heterocycles. The van der Waals surface area contributed by atoms with Crippen LogP contribution in [0.3, 0.4) is 0 Å². The number of nitrogens with one attached hydrogen (secondary N) is 1. The fourth-order valence-electron chi connectivity index (χ4n) is 3.10. The third-order valence-electron chi connectivity index (χ3n) is 4.40. The Kier molecular flexibility index (Phi) is 6.00. The Hall–Kier alpha value is -0.630. The van der Waals surface area contributed by atoms with Gasteiger partial charge in [0.1, 0.15) is 5.54 Å². The number of rotatable bonds is 5. The zero-order chi connectivity index (χ0) is 15.4. The van der Waals surface area contributed by atoms with Gasteiger partial charge in [-0.1, -0.05) is 6.92 Å². The number of nitrogens with zero attached hydrogens (tertiary/aromatic N) is 3. The summed E-state index contributed by atoms with van der Waals surface area (Å²) in [6, 6.07) is 2.88. The zero-order valence-electron chi connectivity index (χ0n) is 14.2. The molecule has 2 atom stereocenters. The normalized spacial score (nSPS) is 23.1. The van der Waals surface area contributed by atoms with E-state index < -0.39 is 5.54 Å². The Morgan fingerprint density at radius 3 is 2.10 bits per heavy atom. The van der Waals surface area contributed by atoms with Gasteiger partial charge in [-0.3, -0.25) is 15.1 Å². The van der Waals surface area contributed by atoms with Crippen molar-refractivity contribution in [3.8, 4) is 6.07 Å². The molecule has 116 valence electrons. The van der Waals surface area contributed by atoms with Crippen molar-refractivity contribution in [2.45, 2.75) is 65.1 Å². The number of piperazine rings is 1. The highest BCUT2D eigenvalue weighted by Gasteiger charge is 2.31. The molecule has 1 fully saturated rings. The summed E-state index contributed by atoms with van der Waals surface area (Å²) in [4.78, 5) is 5.07. The van der Waals surface area contributed by atoms with Gasteiger partial charge in [-0.2, -0.15) is 5.26 Å². The van der Waals surface area contributed by atoms with Crippen LogP contribution in [0.1, 0.15) is 48.0 Å². The SMILES string of the molecule is CCNC(C)(C#N)CC(C)N1CCN(C(C)(C)C)CC1. The van der Waals surface area contributed by atoms with E-state index >= 15 is 0 Å². The molecule has 1 rings (SSSR count). The largest absolute Gasteiger partial charge is 0.300 e. The molecule has 0 bridgehead atoms. The van der Waals surface area contributed by atoms with Gasteiger partial charge in [0.15, 0.2) is 0 Å². The first kappa shape index (κ1) is 17.4. The van der Waals surface area contributed by atoms with Crippen LogP contribution in [0.15, 0.2) is 0 Å². The lowest BCUT2D eigenvalue weighted by molar-refractivity contribution is 0.0401. The maximum atomic E-state index is 9.37. The first-order valence-electron chi connectivity index (χ1n) is 7.87. The molecule has 2 unspecified atom stereocenters. The maximum Gasteiger partial charge on any atom is 0.105 e. The number of nitriles is 1. The predicted molar refractivity (Wildman–Crippen MR) is 84.7 cm³/mol. The first-order valence-corrected chi connectivity index (χ1v) is 7.87. The highest BCUT2D eigenvalue weighted by atomic mass is 15.3. The van der Waals surface area contributed by atoms with E-state index in [1.54, 1.807) is 0 Å². The van der Waals surface area contributed by atoms with Gasteiger partial charge in [0, 0.05) is 37.8 Å². The topological polar surface area (TPSA) is 42.3 Å².